The molecule has 4 heteroatoms. The predicted molar refractivity (Wildman–Crippen MR) is 121 cm³/mol. The van der Waals surface area contributed by atoms with Gasteiger partial charge in [0.1, 0.15) is 0 Å². The van der Waals surface area contributed by atoms with Gasteiger partial charge >= 0.3 is 0 Å². The highest BCUT2D eigenvalue weighted by Gasteiger charge is 2.51. The van der Waals surface area contributed by atoms with Gasteiger partial charge in [0, 0.05) is 12.1 Å². The molecule has 2 heterocycles. The maximum atomic E-state index is 13.1. The average molecular weight is 407 g/mol. The zero-order chi connectivity index (χ0) is 21.5. The molecule has 0 N–H and O–H groups in total. The Kier molecular flexibility index (Phi) is 9.18. The summed E-state index contributed by atoms with van der Waals surface area (Å²) in [5, 5.41) is 0. The molecule has 0 radical (unpaired) electrons. The minimum absolute atomic E-state index is 0.0371. The molecule has 0 aromatic heterocycles. The standard InChI is InChI=1S/C25H46N2O2/c1-6-7-8-9-10-11-12-13-14-15-18-26-22(28)20-21(23(26)29)27-19-16-17-24(2,3)25(27,4)5/h21H,6-20H2,1-5H3. The van der Waals surface area contributed by atoms with Crippen LogP contribution in [0.2, 0.25) is 0 Å². The molecule has 2 saturated heterocycles. The molecule has 2 fully saturated rings. The van der Waals surface area contributed by atoms with Crippen LogP contribution in [0.15, 0.2) is 0 Å². The molecule has 4 nitrogen and oxygen atoms in total. The fourth-order valence-corrected chi connectivity index (χ4v) is 5.11. The van der Waals surface area contributed by atoms with Gasteiger partial charge in [-0.25, -0.2) is 0 Å². The Morgan fingerprint density at radius 3 is 2.00 bits per heavy atom. The molecule has 29 heavy (non-hydrogen) atoms. The van der Waals surface area contributed by atoms with Crippen LogP contribution in [-0.2, 0) is 9.59 Å². The third kappa shape index (κ3) is 6.06. The van der Waals surface area contributed by atoms with E-state index >= 15 is 0 Å². The Morgan fingerprint density at radius 1 is 0.862 bits per heavy atom. The fraction of sp³-hybridized carbons (Fsp3) is 0.920. The van der Waals surface area contributed by atoms with Crippen LogP contribution in [-0.4, -0.2) is 46.3 Å². The molecule has 0 aromatic carbocycles. The summed E-state index contributed by atoms with van der Waals surface area (Å²) >= 11 is 0. The number of hydrogen-bond donors (Lipinski definition) is 0. The van der Waals surface area contributed by atoms with E-state index in [0.29, 0.717) is 13.0 Å². The number of likely N-dealkylation sites (tertiary alicyclic amines) is 2. The topological polar surface area (TPSA) is 40.6 Å². The summed E-state index contributed by atoms with van der Waals surface area (Å²) in [4.78, 5) is 29.5. The lowest BCUT2D eigenvalue weighted by Gasteiger charge is -2.55. The smallest absolute Gasteiger partial charge is 0.247 e. The molecule has 0 aliphatic carbocycles. The van der Waals surface area contributed by atoms with Crippen LogP contribution in [0.1, 0.15) is 118 Å². The lowest BCUT2D eigenvalue weighted by molar-refractivity contribution is -0.142. The first kappa shape index (κ1) is 24.4. The Balaban J connectivity index is 1.72. The molecule has 2 aliphatic heterocycles. The molecule has 1 unspecified atom stereocenters. The summed E-state index contributed by atoms with van der Waals surface area (Å²) in [5.74, 6) is 0.0896. The van der Waals surface area contributed by atoms with Crippen molar-refractivity contribution in [1.29, 1.82) is 0 Å². The van der Waals surface area contributed by atoms with Crippen LogP contribution in [0.5, 0.6) is 0 Å². The zero-order valence-electron chi connectivity index (χ0n) is 19.9. The van der Waals surface area contributed by atoms with Gasteiger partial charge in [0.15, 0.2) is 0 Å². The molecule has 0 saturated carbocycles. The normalized spacial score (nSPS) is 24.4. The van der Waals surface area contributed by atoms with Crippen molar-refractivity contribution in [2.24, 2.45) is 5.41 Å². The Bertz CT molecular complexity index is 541. The van der Waals surface area contributed by atoms with Crippen LogP contribution < -0.4 is 0 Å². The maximum Gasteiger partial charge on any atom is 0.247 e. The van der Waals surface area contributed by atoms with Gasteiger partial charge in [-0.15, -0.1) is 0 Å². The molecule has 0 aromatic rings. The van der Waals surface area contributed by atoms with Crippen molar-refractivity contribution in [2.45, 2.75) is 130 Å². The number of imide groups is 1. The van der Waals surface area contributed by atoms with E-state index in [9.17, 15) is 9.59 Å². The average Bonchev–Trinajstić information content (AvgIpc) is 2.93. The summed E-state index contributed by atoms with van der Waals surface area (Å²) in [7, 11) is 0. The fourth-order valence-electron chi connectivity index (χ4n) is 5.11. The second-order valence-corrected chi connectivity index (χ2v) is 10.5. The minimum atomic E-state index is -0.250. The lowest BCUT2D eigenvalue weighted by atomic mass is 9.67. The van der Waals surface area contributed by atoms with Crippen molar-refractivity contribution in [3.05, 3.63) is 0 Å². The highest BCUT2D eigenvalue weighted by atomic mass is 16.2. The number of unbranched alkanes of at least 4 members (excludes halogenated alkanes) is 9. The SMILES string of the molecule is CCCCCCCCCCCCN1C(=O)CC(N2CCCC(C)(C)C2(C)C)C1=O. The zero-order valence-corrected chi connectivity index (χ0v) is 19.9. The van der Waals surface area contributed by atoms with Crippen LogP contribution >= 0.6 is 0 Å². The summed E-state index contributed by atoms with van der Waals surface area (Å²) in [6, 6.07) is -0.250. The highest BCUT2D eigenvalue weighted by Crippen LogP contribution is 2.45. The number of amides is 2. The third-order valence-electron chi connectivity index (χ3n) is 7.91. The summed E-state index contributed by atoms with van der Waals surface area (Å²) < 4.78 is 0. The predicted octanol–water partition coefficient (Wildman–Crippen LogP) is 5.94. The minimum Gasteiger partial charge on any atom is -0.286 e. The number of carbonyl (C=O) groups excluding carboxylic acids is 2. The number of piperidine rings is 1. The van der Waals surface area contributed by atoms with Gasteiger partial charge in [0.2, 0.25) is 11.8 Å². The maximum absolute atomic E-state index is 13.1. The van der Waals surface area contributed by atoms with Gasteiger partial charge in [-0.05, 0) is 45.1 Å². The van der Waals surface area contributed by atoms with Crippen LogP contribution in [0, 0.1) is 5.41 Å². The molecule has 2 rings (SSSR count). The summed E-state index contributed by atoms with van der Waals surface area (Å²) in [5.41, 5.74) is 0.0809. The number of rotatable bonds is 12. The van der Waals surface area contributed by atoms with Gasteiger partial charge in [-0.3, -0.25) is 19.4 Å². The van der Waals surface area contributed by atoms with E-state index in [1.807, 2.05) is 0 Å². The van der Waals surface area contributed by atoms with Crippen molar-refractivity contribution in [2.75, 3.05) is 13.1 Å². The highest BCUT2D eigenvalue weighted by molar-refractivity contribution is 6.05. The van der Waals surface area contributed by atoms with E-state index in [1.165, 1.54) is 57.8 Å². The van der Waals surface area contributed by atoms with Gasteiger partial charge in [0.25, 0.3) is 0 Å². The van der Waals surface area contributed by atoms with E-state index in [-0.39, 0.29) is 28.8 Å². The van der Waals surface area contributed by atoms with E-state index in [4.69, 9.17) is 0 Å². The second-order valence-electron chi connectivity index (χ2n) is 10.5. The van der Waals surface area contributed by atoms with Crippen molar-refractivity contribution in [3.8, 4) is 0 Å². The molecule has 2 aliphatic rings. The van der Waals surface area contributed by atoms with E-state index in [2.05, 4.69) is 39.5 Å². The molecule has 2 amide bonds. The van der Waals surface area contributed by atoms with Gasteiger partial charge in [0.05, 0.1) is 12.5 Å². The molecule has 168 valence electrons. The first-order chi connectivity index (χ1) is 13.7. The van der Waals surface area contributed by atoms with Crippen molar-refractivity contribution in [1.82, 2.24) is 9.80 Å². The monoisotopic (exact) mass is 406 g/mol. The Morgan fingerprint density at radius 2 is 1.41 bits per heavy atom. The Hall–Kier alpha value is -0.900. The molecular weight excluding hydrogens is 360 g/mol. The van der Waals surface area contributed by atoms with E-state index in [1.54, 1.807) is 4.90 Å². The van der Waals surface area contributed by atoms with E-state index < -0.39 is 0 Å². The largest absolute Gasteiger partial charge is 0.286 e. The van der Waals surface area contributed by atoms with Crippen LogP contribution in [0.4, 0.5) is 0 Å². The summed E-state index contributed by atoms with van der Waals surface area (Å²) in [6.07, 6.45) is 15.3. The number of carbonyl (C=O) groups is 2. The number of hydrogen-bond acceptors (Lipinski definition) is 3. The van der Waals surface area contributed by atoms with Crippen molar-refractivity contribution in [3.63, 3.8) is 0 Å². The van der Waals surface area contributed by atoms with Crippen LogP contribution in [0.3, 0.4) is 0 Å². The van der Waals surface area contributed by atoms with Gasteiger partial charge in [-0.1, -0.05) is 78.6 Å². The first-order valence-electron chi connectivity index (χ1n) is 12.3. The third-order valence-corrected chi connectivity index (χ3v) is 7.91. The second kappa shape index (κ2) is 10.9. The van der Waals surface area contributed by atoms with Crippen molar-refractivity contribution < 1.29 is 9.59 Å². The van der Waals surface area contributed by atoms with Gasteiger partial charge in [-0.2, -0.15) is 0 Å². The Labute approximate surface area is 179 Å². The van der Waals surface area contributed by atoms with Gasteiger partial charge < -0.3 is 0 Å². The quantitative estimate of drug-likeness (QED) is 0.298. The van der Waals surface area contributed by atoms with Crippen molar-refractivity contribution >= 4 is 11.8 Å². The van der Waals surface area contributed by atoms with Crippen LogP contribution in [0.25, 0.3) is 0 Å². The summed E-state index contributed by atoms with van der Waals surface area (Å²) in [6.45, 7) is 12.9. The lowest BCUT2D eigenvalue weighted by Crippen LogP contribution is -2.62. The first-order valence-corrected chi connectivity index (χ1v) is 12.3. The molecule has 1 atom stereocenters. The molecule has 0 spiro atoms. The molecular formula is C25H46N2O2. The number of nitrogens with zero attached hydrogens (tertiary/aromatic N) is 2. The van der Waals surface area contributed by atoms with E-state index in [0.717, 1.165) is 25.8 Å². The molecule has 0 bridgehead atoms.